The Kier molecular flexibility index (Phi) is 4.85. The van der Waals surface area contributed by atoms with Gasteiger partial charge < -0.3 is 4.74 Å². The summed E-state index contributed by atoms with van der Waals surface area (Å²) in [6.45, 7) is 2.58. The number of carbonyl (C=O) groups excluding carboxylic acids is 1. The van der Waals surface area contributed by atoms with Gasteiger partial charge in [-0.15, -0.1) is 11.3 Å². The molecule has 0 amide bonds. The van der Waals surface area contributed by atoms with Crippen molar-refractivity contribution in [2.75, 3.05) is 0 Å². The first-order chi connectivity index (χ1) is 13.2. The zero-order valence-electron chi connectivity index (χ0n) is 14.8. The lowest BCUT2D eigenvalue weighted by Gasteiger charge is -2.10. The smallest absolute Gasteiger partial charge is 0.194 e. The Bertz CT molecular complexity index is 1070. The number of benzene rings is 2. The first-order valence-electron chi connectivity index (χ1n) is 8.61. The third-order valence-corrected chi connectivity index (χ3v) is 5.15. The summed E-state index contributed by atoms with van der Waals surface area (Å²) < 4.78 is 7.74. The van der Waals surface area contributed by atoms with Gasteiger partial charge >= 0.3 is 0 Å². The van der Waals surface area contributed by atoms with E-state index in [0.717, 1.165) is 39.6 Å². The maximum Gasteiger partial charge on any atom is 0.194 e. The molecule has 2 aromatic carbocycles. The molecule has 27 heavy (non-hydrogen) atoms. The minimum Gasteiger partial charge on any atom is -0.489 e. The van der Waals surface area contributed by atoms with Crippen molar-refractivity contribution in [1.29, 1.82) is 0 Å². The molecule has 0 bridgehead atoms. The van der Waals surface area contributed by atoms with Crippen LogP contribution in [0.3, 0.4) is 0 Å². The summed E-state index contributed by atoms with van der Waals surface area (Å²) in [7, 11) is 0. The third kappa shape index (κ3) is 3.68. The molecule has 0 spiro atoms. The monoisotopic (exact) mass is 374 g/mol. The SMILES string of the molecule is Cc1cc(-c2csc(-n3cccc3C=O)n2)ccc1OCc1ccccc1. The van der Waals surface area contributed by atoms with Gasteiger partial charge in [0.05, 0.1) is 11.4 Å². The quantitative estimate of drug-likeness (QED) is 0.430. The van der Waals surface area contributed by atoms with Crippen molar-refractivity contribution < 1.29 is 9.53 Å². The Morgan fingerprint density at radius 1 is 1.11 bits per heavy atom. The highest BCUT2D eigenvalue weighted by Gasteiger charge is 2.10. The first-order valence-corrected chi connectivity index (χ1v) is 9.49. The molecular weight excluding hydrogens is 356 g/mol. The van der Waals surface area contributed by atoms with Crippen molar-refractivity contribution in [2.45, 2.75) is 13.5 Å². The third-order valence-electron chi connectivity index (χ3n) is 4.31. The summed E-state index contributed by atoms with van der Waals surface area (Å²) >= 11 is 1.51. The zero-order valence-corrected chi connectivity index (χ0v) is 15.6. The summed E-state index contributed by atoms with van der Waals surface area (Å²) in [6, 6.07) is 19.8. The van der Waals surface area contributed by atoms with Gasteiger partial charge in [0, 0.05) is 17.1 Å². The highest BCUT2D eigenvalue weighted by atomic mass is 32.1. The predicted octanol–water partition coefficient (Wildman–Crippen LogP) is 5.30. The Morgan fingerprint density at radius 3 is 2.74 bits per heavy atom. The number of aldehydes is 1. The van der Waals surface area contributed by atoms with E-state index in [4.69, 9.17) is 4.74 Å². The molecule has 4 nitrogen and oxygen atoms in total. The van der Waals surface area contributed by atoms with Crippen molar-refractivity contribution in [3.63, 3.8) is 0 Å². The Balaban J connectivity index is 1.53. The molecule has 5 heteroatoms. The minimum atomic E-state index is 0.546. The minimum absolute atomic E-state index is 0.546. The van der Waals surface area contributed by atoms with E-state index in [1.807, 2.05) is 54.9 Å². The van der Waals surface area contributed by atoms with E-state index in [1.165, 1.54) is 11.3 Å². The van der Waals surface area contributed by atoms with Gasteiger partial charge in [-0.25, -0.2) is 4.98 Å². The number of rotatable bonds is 6. The summed E-state index contributed by atoms with van der Waals surface area (Å²) in [4.78, 5) is 15.8. The highest BCUT2D eigenvalue weighted by molar-refractivity contribution is 7.12. The standard InChI is InChI=1S/C22H18N2O2S/c1-16-12-18(9-10-21(16)26-14-17-6-3-2-4-7-17)20-15-27-22(23-20)24-11-5-8-19(24)13-25/h2-13,15H,14H2,1H3. The fraction of sp³-hybridized carbons (Fsp3) is 0.0909. The summed E-state index contributed by atoms with van der Waals surface area (Å²) in [5, 5.41) is 2.78. The summed E-state index contributed by atoms with van der Waals surface area (Å²) in [5.74, 6) is 0.867. The zero-order chi connectivity index (χ0) is 18.6. The number of carbonyl (C=O) groups is 1. The van der Waals surface area contributed by atoms with Gasteiger partial charge in [-0.2, -0.15) is 0 Å². The number of aryl methyl sites for hydroxylation is 1. The normalized spacial score (nSPS) is 10.7. The van der Waals surface area contributed by atoms with Crippen LogP contribution in [-0.4, -0.2) is 15.8 Å². The number of thiazole rings is 1. The molecule has 2 heterocycles. The van der Waals surface area contributed by atoms with Crippen LogP contribution in [0.5, 0.6) is 5.75 Å². The van der Waals surface area contributed by atoms with Crippen LogP contribution >= 0.6 is 11.3 Å². The van der Waals surface area contributed by atoms with Gasteiger partial charge in [0.25, 0.3) is 0 Å². The topological polar surface area (TPSA) is 44.1 Å². The number of hydrogen-bond donors (Lipinski definition) is 0. The van der Waals surface area contributed by atoms with Crippen LogP contribution in [0, 0.1) is 6.92 Å². The maximum atomic E-state index is 11.1. The molecule has 0 aliphatic rings. The first kappa shape index (κ1) is 17.2. The lowest BCUT2D eigenvalue weighted by Crippen LogP contribution is -1.97. The molecule has 4 rings (SSSR count). The molecule has 0 saturated carbocycles. The molecule has 0 aliphatic carbocycles. The number of aromatic nitrogens is 2. The summed E-state index contributed by atoms with van der Waals surface area (Å²) in [6.07, 6.45) is 2.68. The van der Waals surface area contributed by atoms with Gasteiger partial charge in [-0.05, 0) is 48.4 Å². The number of hydrogen-bond acceptors (Lipinski definition) is 4. The molecule has 4 aromatic rings. The second kappa shape index (κ2) is 7.60. The molecule has 134 valence electrons. The molecule has 2 aromatic heterocycles. The van der Waals surface area contributed by atoms with Crippen molar-refractivity contribution in [3.8, 4) is 22.1 Å². The molecule has 0 saturated heterocycles. The van der Waals surface area contributed by atoms with Gasteiger partial charge in [-0.3, -0.25) is 9.36 Å². The van der Waals surface area contributed by atoms with Crippen LogP contribution in [0.15, 0.2) is 72.2 Å². The average molecular weight is 374 g/mol. The van der Waals surface area contributed by atoms with E-state index in [1.54, 1.807) is 10.6 Å². The Labute approximate surface area is 161 Å². The molecule has 0 N–H and O–H groups in total. The van der Waals surface area contributed by atoms with Crippen LogP contribution in [0.25, 0.3) is 16.4 Å². The van der Waals surface area contributed by atoms with E-state index in [-0.39, 0.29) is 0 Å². The van der Waals surface area contributed by atoms with Crippen molar-refractivity contribution in [3.05, 3.63) is 89.1 Å². The Morgan fingerprint density at radius 2 is 1.96 bits per heavy atom. The van der Waals surface area contributed by atoms with Crippen LogP contribution in [0.2, 0.25) is 0 Å². The van der Waals surface area contributed by atoms with Crippen molar-refractivity contribution >= 4 is 17.6 Å². The molecule has 0 fully saturated rings. The predicted molar refractivity (Wildman–Crippen MR) is 108 cm³/mol. The largest absolute Gasteiger partial charge is 0.489 e. The van der Waals surface area contributed by atoms with E-state index < -0.39 is 0 Å². The molecule has 0 atom stereocenters. The van der Waals surface area contributed by atoms with Crippen LogP contribution < -0.4 is 4.74 Å². The molecular formula is C22H18N2O2S. The highest BCUT2D eigenvalue weighted by Crippen LogP contribution is 2.29. The number of nitrogens with zero attached hydrogens (tertiary/aromatic N) is 2. The fourth-order valence-electron chi connectivity index (χ4n) is 2.88. The average Bonchev–Trinajstić information content (AvgIpc) is 3.36. The fourth-order valence-corrected chi connectivity index (χ4v) is 3.71. The van der Waals surface area contributed by atoms with Crippen LogP contribution in [0.1, 0.15) is 21.6 Å². The lowest BCUT2D eigenvalue weighted by atomic mass is 10.1. The van der Waals surface area contributed by atoms with Crippen LogP contribution in [-0.2, 0) is 6.61 Å². The van der Waals surface area contributed by atoms with Crippen LogP contribution in [0.4, 0.5) is 0 Å². The molecule has 0 radical (unpaired) electrons. The van der Waals surface area contributed by atoms with Gasteiger partial charge in [-0.1, -0.05) is 30.3 Å². The summed E-state index contributed by atoms with van der Waals surface area (Å²) in [5.41, 5.74) is 4.72. The lowest BCUT2D eigenvalue weighted by molar-refractivity contribution is 0.111. The maximum absolute atomic E-state index is 11.1. The van der Waals surface area contributed by atoms with E-state index in [0.29, 0.717) is 12.3 Å². The van der Waals surface area contributed by atoms with Gasteiger partial charge in [0.1, 0.15) is 12.4 Å². The van der Waals surface area contributed by atoms with Gasteiger partial charge in [0.2, 0.25) is 0 Å². The molecule has 0 aliphatic heterocycles. The van der Waals surface area contributed by atoms with E-state index >= 15 is 0 Å². The molecule has 0 unspecified atom stereocenters. The van der Waals surface area contributed by atoms with Gasteiger partial charge in [0.15, 0.2) is 11.4 Å². The van der Waals surface area contributed by atoms with Crippen molar-refractivity contribution in [2.24, 2.45) is 0 Å². The van der Waals surface area contributed by atoms with E-state index in [2.05, 4.69) is 23.2 Å². The second-order valence-electron chi connectivity index (χ2n) is 6.19. The van der Waals surface area contributed by atoms with E-state index in [9.17, 15) is 4.79 Å². The second-order valence-corrected chi connectivity index (χ2v) is 7.03. The Hall–Kier alpha value is -3.18. The number of ether oxygens (including phenoxy) is 1. The van der Waals surface area contributed by atoms with Crippen molar-refractivity contribution in [1.82, 2.24) is 9.55 Å².